The molecule has 0 saturated carbocycles. The average molecular weight is 552 g/mol. The molecule has 0 amide bonds. The van der Waals surface area contributed by atoms with Crippen molar-refractivity contribution in [2.24, 2.45) is 5.41 Å². The minimum Gasteiger partial charge on any atom is -0.352 e. The summed E-state index contributed by atoms with van der Waals surface area (Å²) in [7, 11) is 0. The zero-order chi connectivity index (χ0) is 27.8. The Balaban J connectivity index is 1.56. The third-order valence-electron chi connectivity index (χ3n) is 8.40. The van der Waals surface area contributed by atoms with Gasteiger partial charge in [-0.05, 0) is 48.0 Å². The van der Waals surface area contributed by atoms with Gasteiger partial charge in [0.05, 0.1) is 11.1 Å². The molecule has 1 aliphatic carbocycles. The van der Waals surface area contributed by atoms with Crippen LogP contribution in [0.25, 0.3) is 6.08 Å². The Morgan fingerprint density at radius 3 is 2.10 bits per heavy atom. The summed E-state index contributed by atoms with van der Waals surface area (Å²) >= 11 is 6.50. The van der Waals surface area contributed by atoms with Crippen LogP contribution in [0.2, 0.25) is 5.02 Å². The highest BCUT2D eigenvalue weighted by Gasteiger charge is 2.71. The lowest BCUT2D eigenvalue weighted by atomic mass is 9.64. The number of hydrogen-bond acceptors (Lipinski definition) is 4. The lowest BCUT2D eigenvalue weighted by Crippen LogP contribution is -2.48. The number of Topliss-reactive ketones (excluding diaryl/α,β-unsaturated/α-hetero) is 3. The second-order valence-corrected chi connectivity index (χ2v) is 10.7. The summed E-state index contributed by atoms with van der Waals surface area (Å²) in [6.45, 7) is 0. The molecule has 7 rings (SSSR count). The van der Waals surface area contributed by atoms with Crippen molar-refractivity contribution in [3.05, 3.63) is 142 Å². The van der Waals surface area contributed by atoms with E-state index in [4.69, 9.17) is 11.6 Å². The molecule has 4 nitrogen and oxygen atoms in total. The maximum absolute atomic E-state index is 14.6. The van der Waals surface area contributed by atoms with Crippen molar-refractivity contribution >= 4 is 40.7 Å². The second kappa shape index (κ2) is 8.80. The van der Waals surface area contributed by atoms with Crippen molar-refractivity contribution in [1.29, 1.82) is 0 Å². The first-order valence-corrected chi connectivity index (χ1v) is 13.2. The number of rotatable bonds is 3. The van der Waals surface area contributed by atoms with Crippen LogP contribution in [0.4, 0.5) is 14.5 Å². The highest BCUT2D eigenvalue weighted by atomic mass is 35.5. The van der Waals surface area contributed by atoms with Crippen molar-refractivity contribution in [2.45, 2.75) is 18.0 Å². The monoisotopic (exact) mass is 551 g/mol. The van der Waals surface area contributed by atoms with Crippen LogP contribution < -0.4 is 4.90 Å². The lowest BCUT2D eigenvalue weighted by molar-refractivity contribution is 0.0666. The topological polar surface area (TPSA) is 54.5 Å². The van der Waals surface area contributed by atoms with E-state index >= 15 is 0 Å². The Labute approximate surface area is 233 Å². The summed E-state index contributed by atoms with van der Waals surface area (Å²) < 4.78 is 28.4. The van der Waals surface area contributed by atoms with Crippen molar-refractivity contribution in [2.75, 3.05) is 4.90 Å². The van der Waals surface area contributed by atoms with Gasteiger partial charge in [-0.1, -0.05) is 72.3 Å². The average Bonchev–Trinajstić information content (AvgIpc) is 3.39. The van der Waals surface area contributed by atoms with Gasteiger partial charge < -0.3 is 4.90 Å². The number of hydrogen-bond donors (Lipinski definition) is 0. The maximum atomic E-state index is 14.6. The van der Waals surface area contributed by atoms with Crippen LogP contribution in [0.1, 0.15) is 48.1 Å². The van der Waals surface area contributed by atoms with Gasteiger partial charge in [-0.3, -0.25) is 14.4 Å². The number of anilines is 1. The van der Waals surface area contributed by atoms with Crippen molar-refractivity contribution < 1.29 is 23.2 Å². The number of fused-ring (bicyclic) bond motifs is 5. The fourth-order valence-corrected chi connectivity index (χ4v) is 7.04. The molecule has 196 valence electrons. The third kappa shape index (κ3) is 3.20. The minimum absolute atomic E-state index is 0.224. The van der Waals surface area contributed by atoms with Gasteiger partial charge in [-0.25, -0.2) is 8.78 Å². The van der Waals surface area contributed by atoms with Gasteiger partial charge in [0.25, 0.3) is 0 Å². The number of nitrogens with zero attached hydrogens (tertiary/aromatic N) is 1. The van der Waals surface area contributed by atoms with E-state index in [1.54, 1.807) is 71.6 Å². The number of carbonyl (C=O) groups excluding carboxylic acids is 3. The summed E-state index contributed by atoms with van der Waals surface area (Å²) in [5, 5.41) is 0.224. The van der Waals surface area contributed by atoms with E-state index in [0.717, 1.165) is 0 Å². The van der Waals surface area contributed by atoms with Gasteiger partial charge in [-0.2, -0.15) is 0 Å². The van der Waals surface area contributed by atoms with E-state index in [0.29, 0.717) is 16.8 Å². The van der Waals surface area contributed by atoms with Crippen LogP contribution in [0.15, 0.2) is 97.1 Å². The standard InChI is InChI=1S/C33H20ClF2NO3/c34-25-8-4-3-7-24(25)30(38)29-28(18-9-12-20(35)13-10-18)33(31(39)22-5-1-2-6-23(22)32(33)40)27-16-11-19-17-21(36)14-15-26(19)37(27)29/h1-17,27-29H/t27?,28-,29+/m0/s1. The van der Waals surface area contributed by atoms with Crippen LogP contribution in [0.5, 0.6) is 0 Å². The first-order valence-electron chi connectivity index (χ1n) is 12.8. The van der Waals surface area contributed by atoms with E-state index in [1.165, 1.54) is 36.4 Å². The number of ketones is 3. The molecule has 0 bridgehead atoms. The minimum atomic E-state index is -1.73. The van der Waals surface area contributed by atoms with Crippen molar-refractivity contribution in [3.8, 4) is 0 Å². The summed E-state index contributed by atoms with van der Waals surface area (Å²) in [4.78, 5) is 45.4. The quantitative estimate of drug-likeness (QED) is 0.204. The van der Waals surface area contributed by atoms with Gasteiger partial charge in [0.15, 0.2) is 17.3 Å². The van der Waals surface area contributed by atoms with Gasteiger partial charge in [0, 0.05) is 33.9 Å². The highest BCUT2D eigenvalue weighted by Crippen LogP contribution is 2.61. The van der Waals surface area contributed by atoms with E-state index in [-0.39, 0.29) is 21.7 Å². The molecular formula is C33H20ClF2NO3. The molecule has 1 spiro atoms. The van der Waals surface area contributed by atoms with Crippen LogP contribution in [0, 0.1) is 17.0 Å². The van der Waals surface area contributed by atoms with Crippen LogP contribution in [-0.2, 0) is 0 Å². The zero-order valence-corrected chi connectivity index (χ0v) is 21.6. The molecule has 2 aliphatic heterocycles. The molecule has 40 heavy (non-hydrogen) atoms. The summed E-state index contributed by atoms with van der Waals surface area (Å²) in [6.07, 6.45) is 3.40. The lowest BCUT2D eigenvalue weighted by Gasteiger charge is -2.37. The Morgan fingerprint density at radius 2 is 1.43 bits per heavy atom. The zero-order valence-electron chi connectivity index (χ0n) is 20.9. The summed E-state index contributed by atoms with van der Waals surface area (Å²) in [6, 6.07) is 21.0. The largest absolute Gasteiger partial charge is 0.352 e. The molecule has 7 heteroatoms. The Bertz CT molecular complexity index is 1750. The Hall–Kier alpha value is -4.42. The van der Waals surface area contributed by atoms with Crippen LogP contribution in [0.3, 0.4) is 0 Å². The molecule has 1 fully saturated rings. The van der Waals surface area contributed by atoms with Gasteiger partial charge >= 0.3 is 0 Å². The summed E-state index contributed by atoms with van der Waals surface area (Å²) in [5.74, 6) is -3.15. The number of benzene rings is 4. The van der Waals surface area contributed by atoms with E-state index in [2.05, 4.69) is 0 Å². The molecular weight excluding hydrogens is 532 g/mol. The van der Waals surface area contributed by atoms with E-state index in [1.807, 2.05) is 0 Å². The van der Waals surface area contributed by atoms with Gasteiger partial charge in [-0.15, -0.1) is 0 Å². The molecule has 3 atom stereocenters. The molecule has 1 saturated heterocycles. The first kappa shape index (κ1) is 24.6. The van der Waals surface area contributed by atoms with Gasteiger partial charge in [0.1, 0.15) is 23.1 Å². The molecule has 2 heterocycles. The smallest absolute Gasteiger partial charge is 0.187 e. The second-order valence-electron chi connectivity index (χ2n) is 10.3. The molecule has 1 unspecified atom stereocenters. The fraction of sp³-hybridized carbons (Fsp3) is 0.121. The maximum Gasteiger partial charge on any atom is 0.187 e. The molecule has 4 aromatic carbocycles. The van der Waals surface area contributed by atoms with E-state index in [9.17, 15) is 23.2 Å². The third-order valence-corrected chi connectivity index (χ3v) is 8.73. The molecule has 0 radical (unpaired) electrons. The number of halogens is 3. The van der Waals surface area contributed by atoms with Gasteiger partial charge in [0.2, 0.25) is 0 Å². The first-order chi connectivity index (χ1) is 19.3. The van der Waals surface area contributed by atoms with Crippen molar-refractivity contribution in [1.82, 2.24) is 0 Å². The van der Waals surface area contributed by atoms with Crippen LogP contribution in [-0.4, -0.2) is 29.4 Å². The van der Waals surface area contributed by atoms with Crippen LogP contribution >= 0.6 is 11.6 Å². The SMILES string of the molecule is O=C(c1ccccc1Cl)[C@H]1[C@H](c2ccc(F)cc2)C2(C(=O)c3ccccc3C2=O)C2C=Cc3cc(F)ccc3N21. The Kier molecular flexibility index (Phi) is 5.41. The molecule has 3 aliphatic rings. The summed E-state index contributed by atoms with van der Waals surface area (Å²) in [5.41, 5.74) is 0.551. The van der Waals surface area contributed by atoms with E-state index < -0.39 is 52.4 Å². The predicted octanol–water partition coefficient (Wildman–Crippen LogP) is 6.93. The fourth-order valence-electron chi connectivity index (χ4n) is 6.81. The Morgan fingerprint density at radius 1 is 0.800 bits per heavy atom. The molecule has 0 N–H and O–H groups in total. The van der Waals surface area contributed by atoms with Crippen molar-refractivity contribution in [3.63, 3.8) is 0 Å². The highest BCUT2D eigenvalue weighted by molar-refractivity contribution is 6.35. The predicted molar refractivity (Wildman–Crippen MR) is 148 cm³/mol. The number of carbonyl (C=O) groups is 3. The molecule has 0 aromatic heterocycles. The molecule has 4 aromatic rings. The normalized spacial score (nSPS) is 21.9.